The van der Waals surface area contributed by atoms with E-state index >= 15 is 0 Å². The number of likely N-dealkylation sites (N-methyl/N-ethyl adjacent to an activating group) is 1. The molecule has 0 spiro atoms. The van der Waals surface area contributed by atoms with Crippen LogP contribution in [0, 0.1) is 0 Å². The van der Waals surface area contributed by atoms with Crippen molar-refractivity contribution >= 4 is 40.7 Å². The SMILES string of the molecule is CN(CC(c1cc(Cl)cc(Cl)c1Cl)N1CCC(N2CCCCC2)CC1)C(=O)Cc1cc(C(F)(F)F)cc(C(F)(F)F)c1. The van der Waals surface area contributed by atoms with Crippen LogP contribution in [0.15, 0.2) is 30.3 Å². The van der Waals surface area contributed by atoms with Crippen molar-refractivity contribution in [3.05, 3.63) is 67.7 Å². The number of hydrogen-bond acceptors (Lipinski definition) is 3. The topological polar surface area (TPSA) is 26.8 Å². The van der Waals surface area contributed by atoms with E-state index in [9.17, 15) is 31.1 Å². The van der Waals surface area contributed by atoms with Gasteiger partial charge in [0.05, 0.1) is 33.6 Å². The Kier molecular flexibility index (Phi) is 10.7. The maximum absolute atomic E-state index is 13.3. The Labute approximate surface area is 256 Å². The minimum absolute atomic E-state index is 0.0477. The molecule has 2 aromatic carbocycles. The molecular formula is C29H32Cl3F6N3O. The van der Waals surface area contributed by atoms with Crippen molar-refractivity contribution in [1.82, 2.24) is 14.7 Å². The lowest BCUT2D eigenvalue weighted by Crippen LogP contribution is -2.49. The molecule has 4 nitrogen and oxygen atoms in total. The first kappa shape index (κ1) is 33.2. The molecule has 1 amide bonds. The molecule has 2 saturated heterocycles. The summed E-state index contributed by atoms with van der Waals surface area (Å²) in [5.41, 5.74) is -2.70. The quantitative estimate of drug-likeness (QED) is 0.221. The molecule has 2 aliphatic rings. The third kappa shape index (κ3) is 8.25. The molecule has 2 aliphatic heterocycles. The molecule has 42 heavy (non-hydrogen) atoms. The molecule has 0 aromatic heterocycles. The van der Waals surface area contributed by atoms with Gasteiger partial charge in [-0.3, -0.25) is 9.69 Å². The van der Waals surface area contributed by atoms with Gasteiger partial charge >= 0.3 is 12.4 Å². The van der Waals surface area contributed by atoms with Gasteiger partial charge in [0.15, 0.2) is 0 Å². The van der Waals surface area contributed by atoms with Gasteiger partial charge in [-0.05, 0) is 80.2 Å². The number of carbonyl (C=O) groups excluding carboxylic acids is 1. The van der Waals surface area contributed by atoms with Gasteiger partial charge in [0.2, 0.25) is 5.91 Å². The Bertz CT molecular complexity index is 1230. The number of carbonyl (C=O) groups is 1. The van der Waals surface area contributed by atoms with Crippen LogP contribution in [0.2, 0.25) is 15.1 Å². The number of nitrogens with zero attached hydrogens (tertiary/aromatic N) is 3. The fourth-order valence-corrected chi connectivity index (χ4v) is 6.61. The lowest BCUT2D eigenvalue weighted by atomic mass is 9.96. The van der Waals surface area contributed by atoms with E-state index in [1.165, 1.54) is 37.3 Å². The van der Waals surface area contributed by atoms with Crippen LogP contribution in [0.5, 0.6) is 0 Å². The van der Waals surface area contributed by atoms with Gasteiger partial charge in [-0.25, -0.2) is 0 Å². The third-order valence-electron chi connectivity index (χ3n) is 8.10. The molecule has 232 valence electrons. The van der Waals surface area contributed by atoms with Gasteiger partial charge in [0.25, 0.3) is 0 Å². The summed E-state index contributed by atoms with van der Waals surface area (Å²) in [4.78, 5) is 19.2. The first-order valence-electron chi connectivity index (χ1n) is 13.8. The summed E-state index contributed by atoms with van der Waals surface area (Å²) in [5, 5.41) is 0.869. The van der Waals surface area contributed by atoms with E-state index < -0.39 is 41.8 Å². The normalized spacial score (nSPS) is 18.7. The van der Waals surface area contributed by atoms with E-state index in [0.717, 1.165) is 25.9 Å². The highest BCUT2D eigenvalue weighted by Crippen LogP contribution is 2.39. The first-order chi connectivity index (χ1) is 19.6. The van der Waals surface area contributed by atoms with Gasteiger partial charge in [-0.15, -0.1) is 0 Å². The molecule has 1 unspecified atom stereocenters. The zero-order chi connectivity index (χ0) is 30.8. The second-order valence-electron chi connectivity index (χ2n) is 11.0. The van der Waals surface area contributed by atoms with Gasteiger partial charge < -0.3 is 9.80 Å². The minimum Gasteiger partial charge on any atom is -0.344 e. The highest BCUT2D eigenvalue weighted by Gasteiger charge is 2.37. The molecule has 0 aliphatic carbocycles. The number of amides is 1. The average Bonchev–Trinajstić information content (AvgIpc) is 2.93. The highest BCUT2D eigenvalue weighted by atomic mass is 35.5. The van der Waals surface area contributed by atoms with E-state index in [1.54, 1.807) is 6.07 Å². The molecule has 0 N–H and O–H groups in total. The summed E-state index contributed by atoms with van der Waals surface area (Å²) < 4.78 is 80.1. The van der Waals surface area contributed by atoms with Crippen molar-refractivity contribution in [3.63, 3.8) is 0 Å². The number of alkyl halides is 6. The van der Waals surface area contributed by atoms with Crippen LogP contribution in [0.1, 0.15) is 60.4 Å². The zero-order valence-corrected chi connectivity index (χ0v) is 25.2. The molecule has 0 radical (unpaired) electrons. The number of benzene rings is 2. The molecule has 13 heteroatoms. The van der Waals surface area contributed by atoms with Crippen molar-refractivity contribution in [1.29, 1.82) is 0 Å². The van der Waals surface area contributed by atoms with E-state index in [1.807, 2.05) is 0 Å². The maximum atomic E-state index is 13.3. The van der Waals surface area contributed by atoms with Crippen molar-refractivity contribution in [3.8, 4) is 0 Å². The fraction of sp³-hybridized carbons (Fsp3) is 0.552. The number of piperidine rings is 2. The second-order valence-corrected chi connectivity index (χ2v) is 12.3. The third-order valence-corrected chi connectivity index (χ3v) is 9.14. The van der Waals surface area contributed by atoms with Crippen molar-refractivity contribution in [2.45, 2.75) is 63.0 Å². The Hall–Kier alpha value is -1.72. The van der Waals surface area contributed by atoms with Crippen LogP contribution in [-0.2, 0) is 23.6 Å². The summed E-state index contributed by atoms with van der Waals surface area (Å²) in [6, 6.07) is 4.40. The number of hydrogen-bond donors (Lipinski definition) is 0. The highest BCUT2D eigenvalue weighted by molar-refractivity contribution is 6.43. The lowest BCUT2D eigenvalue weighted by Gasteiger charge is -2.43. The largest absolute Gasteiger partial charge is 0.416 e. The average molecular weight is 659 g/mol. The molecule has 0 saturated carbocycles. The standard InChI is InChI=1S/C29H32Cl3F6N3O/c1-39(26(42)13-18-11-19(28(33,34)35)14-20(12-18)29(36,37)38)17-25(23-15-21(30)16-24(31)27(23)32)41-9-5-22(6-10-41)40-7-3-2-4-8-40/h11-12,14-16,22,25H,2-10,13,17H2,1H3. The molecule has 2 heterocycles. The fourth-order valence-electron chi connectivity index (χ4n) is 5.87. The number of halogens is 9. The van der Waals surface area contributed by atoms with Crippen LogP contribution >= 0.6 is 34.8 Å². The summed E-state index contributed by atoms with van der Waals surface area (Å²) in [6.45, 7) is 3.64. The van der Waals surface area contributed by atoms with E-state index in [2.05, 4.69) is 9.80 Å². The van der Waals surface area contributed by atoms with Gasteiger partial charge in [-0.2, -0.15) is 26.3 Å². The van der Waals surface area contributed by atoms with Crippen molar-refractivity contribution < 1.29 is 31.1 Å². The smallest absolute Gasteiger partial charge is 0.344 e. The van der Waals surface area contributed by atoms with Gasteiger partial charge in [0, 0.05) is 37.7 Å². The number of rotatable bonds is 7. The van der Waals surface area contributed by atoms with Crippen LogP contribution in [-0.4, -0.2) is 66.4 Å². The Morgan fingerprint density at radius 2 is 1.45 bits per heavy atom. The maximum Gasteiger partial charge on any atom is 0.416 e. The first-order valence-corrected chi connectivity index (χ1v) is 14.9. The van der Waals surface area contributed by atoms with Crippen molar-refractivity contribution in [2.75, 3.05) is 39.8 Å². The molecular weight excluding hydrogens is 627 g/mol. The van der Waals surface area contributed by atoms with E-state index in [-0.39, 0.29) is 28.2 Å². The van der Waals surface area contributed by atoms with Crippen LogP contribution in [0.3, 0.4) is 0 Å². The Morgan fingerprint density at radius 3 is 2.00 bits per heavy atom. The lowest BCUT2D eigenvalue weighted by molar-refractivity contribution is -0.143. The van der Waals surface area contributed by atoms with Crippen LogP contribution in [0.4, 0.5) is 26.3 Å². The summed E-state index contributed by atoms with van der Waals surface area (Å²) in [6.07, 6.45) is -5.22. The predicted molar refractivity (Wildman–Crippen MR) is 152 cm³/mol. The van der Waals surface area contributed by atoms with Gasteiger partial charge in [0.1, 0.15) is 0 Å². The Morgan fingerprint density at radius 1 is 0.881 bits per heavy atom. The molecule has 2 aromatic rings. The second kappa shape index (κ2) is 13.5. The molecule has 0 bridgehead atoms. The minimum atomic E-state index is -5.00. The van der Waals surface area contributed by atoms with Gasteiger partial charge in [-0.1, -0.05) is 41.2 Å². The number of likely N-dealkylation sites (tertiary alicyclic amines) is 2. The predicted octanol–water partition coefficient (Wildman–Crippen LogP) is 8.38. The van der Waals surface area contributed by atoms with E-state index in [4.69, 9.17) is 34.8 Å². The van der Waals surface area contributed by atoms with Crippen molar-refractivity contribution in [2.24, 2.45) is 0 Å². The molecule has 1 atom stereocenters. The summed E-state index contributed by atoms with van der Waals surface area (Å²) >= 11 is 19.2. The summed E-state index contributed by atoms with van der Waals surface area (Å²) in [7, 11) is 1.47. The summed E-state index contributed by atoms with van der Waals surface area (Å²) in [5.74, 6) is -0.639. The zero-order valence-electron chi connectivity index (χ0n) is 23.0. The van der Waals surface area contributed by atoms with Crippen LogP contribution < -0.4 is 0 Å². The van der Waals surface area contributed by atoms with Crippen LogP contribution in [0.25, 0.3) is 0 Å². The Balaban J connectivity index is 1.55. The van der Waals surface area contributed by atoms with E-state index in [0.29, 0.717) is 41.9 Å². The molecule has 2 fully saturated rings. The monoisotopic (exact) mass is 657 g/mol. The molecule has 4 rings (SSSR count).